The second kappa shape index (κ2) is 6.32. The summed E-state index contributed by atoms with van der Waals surface area (Å²) in [5.41, 5.74) is 3.82. The zero-order chi connectivity index (χ0) is 13.7. The number of amides is 1. The third kappa shape index (κ3) is 3.97. The number of rotatable bonds is 5. The average molecular weight is 251 g/mol. The van der Waals surface area contributed by atoms with E-state index in [1.807, 2.05) is 25.9 Å². The minimum Gasteiger partial charge on any atom is -0.340 e. The van der Waals surface area contributed by atoms with Gasteiger partial charge in [-0.15, -0.1) is 0 Å². The maximum Gasteiger partial charge on any atom is 0.253 e. The Kier molecular flexibility index (Phi) is 5.06. The van der Waals surface area contributed by atoms with Crippen LogP contribution < -0.4 is 11.3 Å². The Labute approximate surface area is 108 Å². The van der Waals surface area contributed by atoms with Crippen LogP contribution in [-0.4, -0.2) is 54.9 Å². The van der Waals surface area contributed by atoms with Crippen LogP contribution in [-0.2, 0) is 0 Å². The molecular formula is C12H21N5O. The first kappa shape index (κ1) is 14.4. The van der Waals surface area contributed by atoms with Crippen molar-refractivity contribution in [2.24, 2.45) is 5.84 Å². The molecule has 0 spiro atoms. The molecule has 0 aliphatic rings. The molecule has 1 aromatic rings. The number of hydrogen-bond acceptors (Lipinski definition) is 5. The topological polar surface area (TPSA) is 74.5 Å². The molecule has 0 fully saturated rings. The van der Waals surface area contributed by atoms with Crippen molar-refractivity contribution in [3.05, 3.63) is 23.4 Å². The fraction of sp³-hybridized carbons (Fsp3) is 0.500. The lowest BCUT2D eigenvalue weighted by atomic mass is 10.2. The summed E-state index contributed by atoms with van der Waals surface area (Å²) in [5.74, 6) is 5.79. The standard InChI is InChI=1S/C12H21N5O/c1-9-7-10(8-11(14-9)15-13)12(18)17(4)6-5-16(2)3/h7-8H,5-6,13H2,1-4H3,(H,14,15). The van der Waals surface area contributed by atoms with Gasteiger partial charge in [0.2, 0.25) is 0 Å². The number of likely N-dealkylation sites (N-methyl/N-ethyl adjacent to an activating group) is 2. The highest BCUT2D eigenvalue weighted by Crippen LogP contribution is 2.11. The van der Waals surface area contributed by atoms with Gasteiger partial charge in [-0.2, -0.15) is 0 Å². The second-order valence-corrected chi connectivity index (χ2v) is 4.56. The van der Waals surface area contributed by atoms with Gasteiger partial charge in [-0.05, 0) is 33.2 Å². The number of hydrogen-bond donors (Lipinski definition) is 2. The number of aryl methyl sites for hydroxylation is 1. The van der Waals surface area contributed by atoms with Crippen LogP contribution in [0, 0.1) is 6.92 Å². The van der Waals surface area contributed by atoms with Gasteiger partial charge < -0.3 is 15.2 Å². The average Bonchev–Trinajstić information content (AvgIpc) is 2.34. The third-order valence-electron chi connectivity index (χ3n) is 2.58. The highest BCUT2D eigenvalue weighted by atomic mass is 16.2. The van der Waals surface area contributed by atoms with Crippen molar-refractivity contribution >= 4 is 11.7 Å². The van der Waals surface area contributed by atoms with Gasteiger partial charge in [0.05, 0.1) is 0 Å². The molecule has 6 heteroatoms. The summed E-state index contributed by atoms with van der Waals surface area (Å²) in [4.78, 5) is 20.1. The van der Waals surface area contributed by atoms with Crippen LogP contribution in [0.5, 0.6) is 0 Å². The molecule has 0 saturated carbocycles. The largest absolute Gasteiger partial charge is 0.340 e. The molecule has 6 nitrogen and oxygen atoms in total. The molecule has 0 atom stereocenters. The Bertz CT molecular complexity index is 419. The molecule has 0 radical (unpaired) electrons. The maximum atomic E-state index is 12.2. The Morgan fingerprint density at radius 3 is 2.56 bits per heavy atom. The maximum absolute atomic E-state index is 12.2. The van der Waals surface area contributed by atoms with E-state index < -0.39 is 0 Å². The van der Waals surface area contributed by atoms with Crippen molar-refractivity contribution in [3.8, 4) is 0 Å². The van der Waals surface area contributed by atoms with Crippen LogP contribution >= 0.6 is 0 Å². The lowest BCUT2D eigenvalue weighted by Gasteiger charge is -2.20. The summed E-state index contributed by atoms with van der Waals surface area (Å²) in [6, 6.07) is 3.41. The lowest BCUT2D eigenvalue weighted by Crippen LogP contribution is -2.33. The zero-order valence-electron chi connectivity index (χ0n) is 11.4. The first-order valence-electron chi connectivity index (χ1n) is 5.79. The number of nitrogen functional groups attached to an aromatic ring is 1. The van der Waals surface area contributed by atoms with Crippen LogP contribution in [0.1, 0.15) is 16.1 Å². The predicted octanol–water partition coefficient (Wildman–Crippen LogP) is 0.309. The molecule has 0 bridgehead atoms. The van der Waals surface area contributed by atoms with Crippen molar-refractivity contribution in [1.82, 2.24) is 14.8 Å². The van der Waals surface area contributed by atoms with E-state index in [0.717, 1.165) is 12.2 Å². The molecule has 3 N–H and O–H groups in total. The molecule has 0 aliphatic heterocycles. The number of carbonyl (C=O) groups excluding carboxylic acids is 1. The van der Waals surface area contributed by atoms with Crippen LogP contribution in [0.2, 0.25) is 0 Å². The van der Waals surface area contributed by atoms with Gasteiger partial charge in [-0.25, -0.2) is 10.8 Å². The number of nitrogens with one attached hydrogen (secondary N) is 1. The number of anilines is 1. The summed E-state index contributed by atoms with van der Waals surface area (Å²) in [7, 11) is 5.74. The normalized spacial score (nSPS) is 10.6. The Balaban J connectivity index is 2.79. The first-order chi connectivity index (χ1) is 8.43. The van der Waals surface area contributed by atoms with E-state index in [4.69, 9.17) is 5.84 Å². The van der Waals surface area contributed by atoms with Crippen molar-refractivity contribution in [3.63, 3.8) is 0 Å². The molecule has 0 saturated heterocycles. The fourth-order valence-corrected chi connectivity index (χ4v) is 1.54. The Morgan fingerprint density at radius 2 is 2.00 bits per heavy atom. The molecule has 100 valence electrons. The zero-order valence-corrected chi connectivity index (χ0v) is 11.4. The number of hydrazine groups is 1. The van der Waals surface area contributed by atoms with Crippen LogP contribution in [0.25, 0.3) is 0 Å². The van der Waals surface area contributed by atoms with Crippen LogP contribution in [0.3, 0.4) is 0 Å². The van der Waals surface area contributed by atoms with E-state index in [2.05, 4.69) is 10.4 Å². The molecule has 1 heterocycles. The number of nitrogens with two attached hydrogens (primary N) is 1. The third-order valence-corrected chi connectivity index (χ3v) is 2.58. The summed E-state index contributed by atoms with van der Waals surface area (Å²) in [5, 5.41) is 0. The lowest BCUT2D eigenvalue weighted by molar-refractivity contribution is 0.0786. The predicted molar refractivity (Wildman–Crippen MR) is 72.3 cm³/mol. The Hall–Kier alpha value is -1.66. The quantitative estimate of drug-likeness (QED) is 0.582. The molecule has 0 aromatic carbocycles. The van der Waals surface area contributed by atoms with E-state index in [1.165, 1.54) is 0 Å². The summed E-state index contributed by atoms with van der Waals surface area (Å²) < 4.78 is 0. The molecule has 0 aliphatic carbocycles. The van der Waals surface area contributed by atoms with Crippen molar-refractivity contribution in [1.29, 1.82) is 0 Å². The smallest absolute Gasteiger partial charge is 0.253 e. The van der Waals surface area contributed by atoms with E-state index in [0.29, 0.717) is 17.9 Å². The first-order valence-corrected chi connectivity index (χ1v) is 5.79. The monoisotopic (exact) mass is 251 g/mol. The van der Waals surface area contributed by atoms with E-state index >= 15 is 0 Å². The van der Waals surface area contributed by atoms with Crippen molar-refractivity contribution in [2.75, 3.05) is 39.7 Å². The van der Waals surface area contributed by atoms with Crippen LogP contribution in [0.4, 0.5) is 5.82 Å². The van der Waals surface area contributed by atoms with E-state index in [9.17, 15) is 4.79 Å². The van der Waals surface area contributed by atoms with Crippen LogP contribution in [0.15, 0.2) is 12.1 Å². The van der Waals surface area contributed by atoms with Gasteiger partial charge in [0, 0.05) is 31.4 Å². The van der Waals surface area contributed by atoms with Gasteiger partial charge in [0.25, 0.3) is 5.91 Å². The second-order valence-electron chi connectivity index (χ2n) is 4.56. The number of nitrogens with zero attached hydrogens (tertiary/aromatic N) is 3. The van der Waals surface area contributed by atoms with Gasteiger partial charge >= 0.3 is 0 Å². The number of carbonyl (C=O) groups is 1. The number of aromatic nitrogens is 1. The molecule has 1 aromatic heterocycles. The Morgan fingerprint density at radius 1 is 1.33 bits per heavy atom. The molecule has 1 amide bonds. The van der Waals surface area contributed by atoms with E-state index in [-0.39, 0.29) is 5.91 Å². The van der Waals surface area contributed by atoms with Gasteiger partial charge in [0.15, 0.2) is 0 Å². The SMILES string of the molecule is Cc1cc(C(=O)N(C)CCN(C)C)cc(NN)n1. The van der Waals surface area contributed by atoms with Gasteiger partial charge in [-0.1, -0.05) is 0 Å². The summed E-state index contributed by atoms with van der Waals surface area (Å²) in [6.07, 6.45) is 0. The molecule has 0 unspecified atom stereocenters. The fourth-order valence-electron chi connectivity index (χ4n) is 1.54. The van der Waals surface area contributed by atoms with Crippen molar-refractivity contribution in [2.45, 2.75) is 6.92 Å². The van der Waals surface area contributed by atoms with E-state index in [1.54, 1.807) is 24.1 Å². The minimum atomic E-state index is -0.0288. The molecule has 18 heavy (non-hydrogen) atoms. The summed E-state index contributed by atoms with van der Waals surface area (Å²) >= 11 is 0. The van der Waals surface area contributed by atoms with Gasteiger partial charge in [0.1, 0.15) is 5.82 Å². The molecular weight excluding hydrogens is 230 g/mol. The highest BCUT2D eigenvalue weighted by Gasteiger charge is 2.13. The summed E-state index contributed by atoms with van der Waals surface area (Å²) in [6.45, 7) is 3.34. The highest BCUT2D eigenvalue weighted by molar-refractivity contribution is 5.94. The minimum absolute atomic E-state index is 0.0288. The van der Waals surface area contributed by atoms with Gasteiger partial charge in [-0.3, -0.25) is 4.79 Å². The molecule has 1 rings (SSSR count). The van der Waals surface area contributed by atoms with Crippen molar-refractivity contribution < 1.29 is 4.79 Å². The number of pyridine rings is 1.